The Kier molecular flexibility index (Phi) is 6.12. The zero-order chi connectivity index (χ0) is 18.4. The summed E-state index contributed by atoms with van der Waals surface area (Å²) in [5.74, 6) is 1.74. The molecule has 2 aromatic rings. The van der Waals surface area contributed by atoms with Crippen LogP contribution in [0.25, 0.3) is 0 Å². The number of ether oxygens (including phenoxy) is 2. The van der Waals surface area contributed by atoms with Crippen LogP contribution in [0.1, 0.15) is 11.1 Å². The van der Waals surface area contributed by atoms with Crippen molar-refractivity contribution in [1.82, 2.24) is 9.80 Å². The first kappa shape index (κ1) is 18.3. The van der Waals surface area contributed by atoms with Gasteiger partial charge in [-0.1, -0.05) is 42.5 Å². The van der Waals surface area contributed by atoms with Crippen molar-refractivity contribution in [2.24, 2.45) is 0 Å². The molecular formula is C21H26N2O3. The monoisotopic (exact) mass is 354 g/mol. The number of benzene rings is 2. The molecule has 0 saturated carbocycles. The summed E-state index contributed by atoms with van der Waals surface area (Å²) in [6.45, 7) is 4.04. The van der Waals surface area contributed by atoms with Crippen LogP contribution in [0.15, 0.2) is 48.5 Å². The van der Waals surface area contributed by atoms with Crippen LogP contribution < -0.4 is 9.47 Å². The number of nitrogens with zero attached hydrogens (tertiary/aromatic N) is 2. The smallest absolute Gasteiger partial charge is 0.227 e. The van der Waals surface area contributed by atoms with E-state index in [0.29, 0.717) is 6.42 Å². The van der Waals surface area contributed by atoms with E-state index in [0.717, 1.165) is 55.3 Å². The average molecular weight is 354 g/mol. The SMILES string of the molecule is COc1cccc(CN2CCN(C(=O)Cc3ccccc3)CC2)c1OC. The Hall–Kier alpha value is -2.53. The lowest BCUT2D eigenvalue weighted by molar-refractivity contribution is -0.132. The maximum atomic E-state index is 12.5. The maximum Gasteiger partial charge on any atom is 0.227 e. The minimum atomic E-state index is 0.204. The molecule has 5 heteroatoms. The fourth-order valence-electron chi connectivity index (χ4n) is 3.36. The third-order valence-corrected chi connectivity index (χ3v) is 4.80. The number of hydrogen-bond donors (Lipinski definition) is 0. The van der Waals surface area contributed by atoms with Crippen molar-refractivity contribution in [3.05, 3.63) is 59.7 Å². The summed E-state index contributed by atoms with van der Waals surface area (Å²) in [5, 5.41) is 0. The maximum absolute atomic E-state index is 12.5. The van der Waals surface area contributed by atoms with E-state index in [1.54, 1.807) is 14.2 Å². The van der Waals surface area contributed by atoms with Crippen LogP contribution in [-0.4, -0.2) is 56.1 Å². The zero-order valence-electron chi connectivity index (χ0n) is 15.5. The second-order valence-electron chi connectivity index (χ2n) is 6.47. The van der Waals surface area contributed by atoms with Crippen LogP contribution in [0.4, 0.5) is 0 Å². The van der Waals surface area contributed by atoms with E-state index < -0.39 is 0 Å². The summed E-state index contributed by atoms with van der Waals surface area (Å²) >= 11 is 0. The van der Waals surface area contributed by atoms with Gasteiger partial charge in [-0.05, 0) is 11.6 Å². The molecule has 1 fully saturated rings. The fourth-order valence-corrected chi connectivity index (χ4v) is 3.36. The number of hydrogen-bond acceptors (Lipinski definition) is 4. The van der Waals surface area contributed by atoms with Gasteiger partial charge in [0, 0.05) is 38.3 Å². The quantitative estimate of drug-likeness (QED) is 0.800. The highest BCUT2D eigenvalue weighted by atomic mass is 16.5. The number of carbonyl (C=O) groups excluding carboxylic acids is 1. The molecule has 0 radical (unpaired) electrons. The van der Waals surface area contributed by atoms with Crippen LogP contribution in [-0.2, 0) is 17.8 Å². The van der Waals surface area contributed by atoms with Gasteiger partial charge in [0.25, 0.3) is 0 Å². The van der Waals surface area contributed by atoms with Crippen molar-refractivity contribution in [2.45, 2.75) is 13.0 Å². The van der Waals surface area contributed by atoms with Crippen LogP contribution in [0.5, 0.6) is 11.5 Å². The van der Waals surface area contributed by atoms with Crippen LogP contribution in [0.2, 0.25) is 0 Å². The Morgan fingerprint density at radius 3 is 2.31 bits per heavy atom. The van der Waals surface area contributed by atoms with Crippen molar-refractivity contribution < 1.29 is 14.3 Å². The van der Waals surface area contributed by atoms with Gasteiger partial charge < -0.3 is 14.4 Å². The molecule has 1 aliphatic rings. The van der Waals surface area contributed by atoms with E-state index in [4.69, 9.17) is 9.47 Å². The van der Waals surface area contributed by atoms with Gasteiger partial charge in [0.1, 0.15) is 0 Å². The molecule has 3 rings (SSSR count). The lowest BCUT2D eigenvalue weighted by Gasteiger charge is -2.35. The van der Waals surface area contributed by atoms with Gasteiger partial charge in [0.05, 0.1) is 20.6 Å². The molecule has 1 amide bonds. The molecule has 138 valence electrons. The fraction of sp³-hybridized carbons (Fsp3) is 0.381. The Morgan fingerprint density at radius 1 is 0.923 bits per heavy atom. The number of para-hydroxylation sites is 1. The predicted octanol–water partition coefficient (Wildman–Crippen LogP) is 2.59. The van der Waals surface area contributed by atoms with E-state index in [2.05, 4.69) is 11.0 Å². The van der Waals surface area contributed by atoms with Gasteiger partial charge in [0.15, 0.2) is 11.5 Å². The molecule has 0 atom stereocenters. The molecule has 0 N–H and O–H groups in total. The minimum absolute atomic E-state index is 0.204. The lowest BCUT2D eigenvalue weighted by Crippen LogP contribution is -2.48. The van der Waals surface area contributed by atoms with Gasteiger partial charge in [-0.2, -0.15) is 0 Å². The second kappa shape index (κ2) is 8.72. The molecule has 0 aliphatic carbocycles. The lowest BCUT2D eigenvalue weighted by atomic mass is 10.1. The summed E-state index contributed by atoms with van der Waals surface area (Å²) in [5.41, 5.74) is 2.18. The number of piperazine rings is 1. The minimum Gasteiger partial charge on any atom is -0.493 e. The van der Waals surface area contributed by atoms with Crippen molar-refractivity contribution >= 4 is 5.91 Å². The zero-order valence-corrected chi connectivity index (χ0v) is 15.5. The van der Waals surface area contributed by atoms with E-state index in [9.17, 15) is 4.79 Å². The Labute approximate surface area is 155 Å². The molecule has 2 aromatic carbocycles. The normalized spacial score (nSPS) is 14.9. The topological polar surface area (TPSA) is 42.0 Å². The molecule has 0 spiro atoms. The number of carbonyl (C=O) groups is 1. The van der Waals surface area contributed by atoms with Gasteiger partial charge >= 0.3 is 0 Å². The van der Waals surface area contributed by atoms with E-state index in [1.807, 2.05) is 47.4 Å². The Balaban J connectivity index is 1.55. The number of amides is 1. The highest BCUT2D eigenvalue weighted by molar-refractivity contribution is 5.78. The third kappa shape index (κ3) is 4.35. The van der Waals surface area contributed by atoms with Crippen molar-refractivity contribution in [3.63, 3.8) is 0 Å². The van der Waals surface area contributed by atoms with Gasteiger partial charge in [-0.15, -0.1) is 0 Å². The molecule has 1 heterocycles. The largest absolute Gasteiger partial charge is 0.493 e. The average Bonchev–Trinajstić information content (AvgIpc) is 2.69. The molecule has 0 unspecified atom stereocenters. The highest BCUT2D eigenvalue weighted by Crippen LogP contribution is 2.31. The van der Waals surface area contributed by atoms with Crippen LogP contribution in [0.3, 0.4) is 0 Å². The van der Waals surface area contributed by atoms with Crippen molar-refractivity contribution in [2.75, 3.05) is 40.4 Å². The first-order valence-electron chi connectivity index (χ1n) is 8.95. The molecule has 1 saturated heterocycles. The Morgan fingerprint density at radius 2 is 1.65 bits per heavy atom. The molecule has 1 aliphatic heterocycles. The predicted molar refractivity (Wildman–Crippen MR) is 102 cm³/mol. The summed E-state index contributed by atoms with van der Waals surface area (Å²) in [7, 11) is 3.32. The van der Waals surface area contributed by atoms with Gasteiger partial charge in [-0.25, -0.2) is 0 Å². The second-order valence-corrected chi connectivity index (χ2v) is 6.47. The first-order valence-corrected chi connectivity index (χ1v) is 8.95. The number of methoxy groups -OCH3 is 2. The van der Waals surface area contributed by atoms with Crippen molar-refractivity contribution in [3.8, 4) is 11.5 Å². The van der Waals surface area contributed by atoms with E-state index in [-0.39, 0.29) is 5.91 Å². The number of rotatable bonds is 6. The van der Waals surface area contributed by atoms with Crippen LogP contribution in [0, 0.1) is 0 Å². The Bertz CT molecular complexity index is 725. The van der Waals surface area contributed by atoms with E-state index >= 15 is 0 Å². The van der Waals surface area contributed by atoms with Crippen molar-refractivity contribution in [1.29, 1.82) is 0 Å². The van der Waals surface area contributed by atoms with Gasteiger partial charge in [-0.3, -0.25) is 9.69 Å². The van der Waals surface area contributed by atoms with E-state index in [1.165, 1.54) is 0 Å². The molecular weight excluding hydrogens is 328 g/mol. The summed E-state index contributed by atoms with van der Waals surface area (Å²) in [6, 6.07) is 15.9. The molecule has 26 heavy (non-hydrogen) atoms. The summed E-state index contributed by atoms with van der Waals surface area (Å²) < 4.78 is 10.9. The standard InChI is InChI=1S/C21H26N2O3/c1-25-19-10-6-9-18(21(19)26-2)16-22-11-13-23(14-12-22)20(24)15-17-7-4-3-5-8-17/h3-10H,11-16H2,1-2H3. The molecule has 5 nitrogen and oxygen atoms in total. The highest BCUT2D eigenvalue weighted by Gasteiger charge is 2.22. The molecule has 0 bridgehead atoms. The van der Waals surface area contributed by atoms with Crippen LogP contribution >= 0.6 is 0 Å². The summed E-state index contributed by atoms with van der Waals surface area (Å²) in [4.78, 5) is 16.8. The molecule has 0 aromatic heterocycles. The third-order valence-electron chi connectivity index (χ3n) is 4.80. The first-order chi connectivity index (χ1) is 12.7. The van der Waals surface area contributed by atoms with Gasteiger partial charge in [0.2, 0.25) is 5.91 Å². The summed E-state index contributed by atoms with van der Waals surface area (Å²) in [6.07, 6.45) is 0.477.